The third-order valence-corrected chi connectivity index (χ3v) is 18.8. The van der Waals surface area contributed by atoms with E-state index in [0.717, 1.165) is 45.3 Å². The van der Waals surface area contributed by atoms with Crippen molar-refractivity contribution in [2.75, 3.05) is 0 Å². The summed E-state index contributed by atoms with van der Waals surface area (Å²) in [6, 6.07) is 17.7. The lowest BCUT2D eigenvalue weighted by Gasteiger charge is -2.04. The van der Waals surface area contributed by atoms with Crippen LogP contribution in [0.1, 0.15) is 22.8 Å². The molecule has 0 amide bonds. The quantitative estimate of drug-likeness (QED) is 0.0779. The second-order valence-electron chi connectivity index (χ2n) is 12.9. The van der Waals surface area contributed by atoms with Crippen LogP contribution in [0.15, 0.2) is 89.6 Å². The first kappa shape index (κ1) is 40.4. The Kier molecular flexibility index (Phi) is 9.65. The summed E-state index contributed by atoms with van der Waals surface area (Å²) in [4.78, 5) is 18.1. The fourth-order valence-electron chi connectivity index (χ4n) is 6.62. The van der Waals surface area contributed by atoms with E-state index in [0.29, 0.717) is 86.6 Å². The zero-order chi connectivity index (χ0) is 42.5. The maximum Gasteiger partial charge on any atom is 0.304 e. The van der Waals surface area contributed by atoms with Crippen molar-refractivity contribution in [3.8, 4) is 41.8 Å². The van der Waals surface area contributed by atoms with Gasteiger partial charge in [-0.1, -0.05) is 0 Å². The van der Waals surface area contributed by atoms with Gasteiger partial charge in [0.15, 0.2) is 0 Å². The highest BCUT2D eigenvalue weighted by Crippen LogP contribution is 2.43. The number of nitrogens with zero attached hydrogens (tertiary/aromatic N) is 2. The summed E-state index contributed by atoms with van der Waals surface area (Å²) in [6.07, 6.45) is 6.63. The van der Waals surface area contributed by atoms with E-state index in [4.69, 9.17) is 9.97 Å². The molecule has 0 aromatic carbocycles. The van der Waals surface area contributed by atoms with Crippen LogP contribution in [-0.2, 0) is 40.5 Å². The number of aromatic amines is 2. The number of rotatable bonds is 8. The summed E-state index contributed by atoms with van der Waals surface area (Å²) in [5, 5.41) is 0. The largest absolute Gasteiger partial charge is 0.354 e. The predicted octanol–water partition coefficient (Wildman–Crippen LogP) is 8.56. The minimum absolute atomic E-state index is 0.314. The molecular weight excluding hydrogens is 937 g/mol. The number of hydrogen-bond acceptors (Lipinski definition) is 14. The van der Waals surface area contributed by atoms with Crippen molar-refractivity contribution >= 4 is 132 Å². The van der Waals surface area contributed by atoms with Crippen LogP contribution in [0.5, 0.6) is 0 Å². The van der Waals surface area contributed by atoms with Crippen LogP contribution in [0.25, 0.3) is 88.1 Å². The Morgan fingerprint density at radius 1 is 0.350 bits per heavy atom. The lowest BCUT2D eigenvalue weighted by molar-refractivity contribution is 0.483. The van der Waals surface area contributed by atoms with Gasteiger partial charge in [-0.3, -0.25) is 18.2 Å². The van der Waals surface area contributed by atoms with Gasteiger partial charge in [0, 0.05) is 63.8 Å². The van der Waals surface area contributed by atoms with Crippen LogP contribution in [0.3, 0.4) is 0 Å². The minimum atomic E-state index is -4.60. The number of thiophene rings is 4. The van der Waals surface area contributed by atoms with E-state index in [1.165, 1.54) is 48.5 Å². The first-order valence-corrected chi connectivity index (χ1v) is 25.7. The van der Waals surface area contributed by atoms with Crippen molar-refractivity contribution in [2.24, 2.45) is 0 Å². The molecule has 306 valence electrons. The Labute approximate surface area is 355 Å². The van der Waals surface area contributed by atoms with Crippen LogP contribution in [-0.4, -0.2) is 71.8 Å². The van der Waals surface area contributed by atoms with Crippen molar-refractivity contribution in [3.63, 3.8) is 0 Å². The van der Waals surface area contributed by atoms with Gasteiger partial charge in [-0.05, 0) is 97.1 Å². The Morgan fingerprint density at radius 3 is 0.750 bits per heavy atom. The molecule has 2 aliphatic rings. The summed E-state index contributed by atoms with van der Waals surface area (Å²) in [5.74, 6) is 0. The van der Waals surface area contributed by atoms with Gasteiger partial charge in [0.25, 0.3) is 0 Å². The Bertz CT molecular complexity index is 3210. The number of aromatic nitrogens is 4. The minimum Gasteiger partial charge on any atom is -0.354 e. The Morgan fingerprint density at radius 2 is 0.567 bits per heavy atom. The third kappa shape index (κ3) is 7.43. The van der Waals surface area contributed by atoms with E-state index in [1.54, 1.807) is 48.6 Å². The smallest absolute Gasteiger partial charge is 0.304 e. The molecule has 7 aromatic rings. The van der Waals surface area contributed by atoms with E-state index >= 15 is 0 Å². The molecule has 2 aliphatic heterocycles. The van der Waals surface area contributed by atoms with Crippen molar-refractivity contribution < 1.29 is 51.9 Å². The lowest BCUT2D eigenvalue weighted by atomic mass is 10.1. The molecule has 7 aromatic heterocycles. The summed E-state index contributed by atoms with van der Waals surface area (Å²) in [6.45, 7) is 0. The first-order valence-electron chi connectivity index (χ1n) is 16.7. The van der Waals surface area contributed by atoms with Crippen LogP contribution in [0, 0.1) is 0 Å². The fourth-order valence-corrected chi connectivity index (χ4v) is 13.6. The van der Waals surface area contributed by atoms with Gasteiger partial charge >= 0.3 is 40.5 Å². The summed E-state index contributed by atoms with van der Waals surface area (Å²) < 4.78 is 136. The average molecular weight is 959 g/mol. The molecule has 0 aliphatic carbocycles. The highest BCUT2D eigenvalue weighted by molar-refractivity contribution is 7.89. The van der Waals surface area contributed by atoms with Crippen LogP contribution >= 0.6 is 45.3 Å². The SMILES string of the molecule is O=S(=O)(O)c1ccc(-c2c3nc(c(-c4ccc(S(=O)(=O)O)s4)c4ccc([nH]4)c(-c4ccc(S(=O)(=O)O)s4)c4nc(c(-c5ccc(S(=O)(=O)O)s5)c5ccc2[nH]5)C=C4)C=C3)s1. The normalized spacial score (nSPS) is 13.4. The Hall–Kier alpha value is -4.96. The molecule has 16 nitrogen and oxygen atoms in total. The molecule has 9 heterocycles. The van der Waals surface area contributed by atoms with Crippen molar-refractivity contribution in [1.82, 2.24) is 19.9 Å². The van der Waals surface area contributed by atoms with E-state index in [-0.39, 0.29) is 16.8 Å². The highest BCUT2D eigenvalue weighted by Gasteiger charge is 2.24. The van der Waals surface area contributed by atoms with E-state index < -0.39 is 40.5 Å². The van der Waals surface area contributed by atoms with Gasteiger partial charge in [-0.25, -0.2) is 9.97 Å². The molecule has 0 saturated carbocycles. The molecule has 0 fully saturated rings. The van der Waals surface area contributed by atoms with Gasteiger partial charge in [-0.15, -0.1) is 45.3 Å². The number of H-pyrrole nitrogens is 2. The summed E-state index contributed by atoms with van der Waals surface area (Å²) >= 11 is 3.11. The molecule has 0 saturated heterocycles. The van der Waals surface area contributed by atoms with Gasteiger partial charge in [0.2, 0.25) is 0 Å². The molecule has 60 heavy (non-hydrogen) atoms. The number of hydrogen-bond donors (Lipinski definition) is 6. The predicted molar refractivity (Wildman–Crippen MR) is 231 cm³/mol. The third-order valence-electron chi connectivity index (χ3n) is 9.08. The molecule has 6 N–H and O–H groups in total. The lowest BCUT2D eigenvalue weighted by Crippen LogP contribution is -1.93. The van der Waals surface area contributed by atoms with Gasteiger partial charge < -0.3 is 9.97 Å². The second kappa shape index (κ2) is 14.3. The van der Waals surface area contributed by atoms with Crippen LogP contribution < -0.4 is 0 Å². The standard InChI is InChI=1S/C36H22N4O12S8/c41-57(42,43)29-13-9-25(53-29)33-17-1-2-18(37-17)34(26-10-14-30(54-26)58(44,45)46)20-5-6-22(39-20)36(28-12-16-32(56-28)60(50,51)52)24-8-7-23(40-24)35(21-4-3-19(33)38-21)27-11-15-31(55-27)59(47,48)49/h1-16,37,40H,(H,41,42,43)(H,44,45,46)(H,47,48,49)(H,50,51,52). The van der Waals surface area contributed by atoms with Gasteiger partial charge in [0.1, 0.15) is 16.8 Å². The molecular formula is C36H22N4O12S8. The number of fused-ring (bicyclic) bond motifs is 8. The maximum absolute atomic E-state index is 12.2. The van der Waals surface area contributed by atoms with Crippen molar-refractivity contribution in [1.29, 1.82) is 0 Å². The second-order valence-corrected chi connectivity index (χ2v) is 23.8. The van der Waals surface area contributed by atoms with Crippen LogP contribution in [0.4, 0.5) is 0 Å². The highest BCUT2D eigenvalue weighted by atomic mass is 32.3. The average Bonchev–Trinajstić information content (AvgIpc) is 3.98. The molecule has 9 rings (SSSR count). The molecule has 8 bridgehead atoms. The van der Waals surface area contributed by atoms with Gasteiger partial charge in [0.05, 0.1) is 22.8 Å². The van der Waals surface area contributed by atoms with E-state index in [9.17, 15) is 51.9 Å². The fraction of sp³-hybridized carbons (Fsp3) is 0. The molecule has 24 heteroatoms. The summed E-state index contributed by atoms with van der Waals surface area (Å²) in [5.41, 5.74) is 4.41. The zero-order valence-electron chi connectivity index (χ0n) is 29.5. The zero-order valence-corrected chi connectivity index (χ0v) is 36.0. The van der Waals surface area contributed by atoms with E-state index in [1.807, 2.05) is 0 Å². The van der Waals surface area contributed by atoms with Crippen LogP contribution in [0.2, 0.25) is 0 Å². The Balaban J connectivity index is 1.46. The monoisotopic (exact) mass is 958 g/mol. The number of nitrogens with one attached hydrogen (secondary N) is 2. The molecule has 0 unspecified atom stereocenters. The topological polar surface area (TPSA) is 275 Å². The van der Waals surface area contributed by atoms with Gasteiger partial charge in [-0.2, -0.15) is 33.7 Å². The molecule has 0 atom stereocenters. The molecule has 0 spiro atoms. The van der Waals surface area contributed by atoms with Crippen molar-refractivity contribution in [2.45, 2.75) is 16.8 Å². The maximum atomic E-state index is 12.2. The molecule has 0 radical (unpaired) electrons. The van der Waals surface area contributed by atoms with E-state index in [2.05, 4.69) is 9.97 Å². The first-order chi connectivity index (χ1) is 28.2. The van der Waals surface area contributed by atoms with Crippen molar-refractivity contribution in [3.05, 3.63) is 95.6 Å². The summed E-state index contributed by atoms with van der Waals surface area (Å²) in [7, 11) is -18.4.